The lowest BCUT2D eigenvalue weighted by atomic mass is 10.1. The number of ether oxygens (including phenoxy) is 3. The summed E-state index contributed by atoms with van der Waals surface area (Å²) in [6, 6.07) is 0. The number of nitrogens with two attached hydrogens (primary N) is 1. The number of phosphoric acid groups is 2. The quantitative estimate of drug-likeness (QED) is 0.0716. The van der Waals surface area contributed by atoms with Gasteiger partial charge in [0.1, 0.15) is 42.4 Å². The highest BCUT2D eigenvalue weighted by Crippen LogP contribution is 2.60. The molecule has 2 aliphatic heterocycles. The smallest absolute Gasteiger partial charge is 0.456 e. The molecule has 0 bridgehead atoms. The van der Waals surface area contributed by atoms with Crippen LogP contribution in [0.15, 0.2) is 12.7 Å². The van der Waals surface area contributed by atoms with Gasteiger partial charge in [0.05, 0.1) is 19.5 Å². The molecule has 4 heterocycles. The summed E-state index contributed by atoms with van der Waals surface area (Å²) in [5.41, 5.74) is 6.11. The van der Waals surface area contributed by atoms with Gasteiger partial charge in [0, 0.05) is 6.42 Å². The molecule has 2 fully saturated rings. The van der Waals surface area contributed by atoms with Gasteiger partial charge in [-0.2, -0.15) is 4.31 Å². The van der Waals surface area contributed by atoms with E-state index >= 15 is 0 Å². The molecule has 2 aromatic rings. The molecular weight excluding hydrogens is 624 g/mol. The number of hydrogen-bond acceptors (Lipinski definition) is 17. The predicted molar refractivity (Wildman–Crippen MR) is 139 cm³/mol. The summed E-state index contributed by atoms with van der Waals surface area (Å²) in [6.07, 6.45) is -7.87. The van der Waals surface area contributed by atoms with Crippen molar-refractivity contribution in [3.63, 3.8) is 0 Å². The lowest BCUT2D eigenvalue weighted by Gasteiger charge is -2.22. The number of phosphoric ester groups is 2. The number of carbonyl (C=O) groups is 1. The van der Waals surface area contributed by atoms with E-state index in [0.717, 1.165) is 19.2 Å². The summed E-state index contributed by atoms with van der Waals surface area (Å²) in [7, 11) is -10.7. The molecule has 8 N–H and O–H groups in total. The molecule has 3 unspecified atom stereocenters. The number of aliphatic hydroxyl groups is 4. The Labute approximate surface area is 243 Å². The number of imidazole rings is 1. The Morgan fingerprint density at radius 2 is 1.65 bits per heavy atom. The van der Waals surface area contributed by atoms with Gasteiger partial charge in [-0.25, -0.2) is 24.1 Å². The molecule has 43 heavy (non-hydrogen) atoms. The van der Waals surface area contributed by atoms with Crippen LogP contribution in [0, 0.1) is 0 Å². The van der Waals surface area contributed by atoms with Crippen LogP contribution >= 0.6 is 15.6 Å². The molecule has 2 saturated heterocycles. The van der Waals surface area contributed by atoms with Crippen LogP contribution in [0.2, 0.25) is 0 Å². The summed E-state index contributed by atoms with van der Waals surface area (Å²) in [5.74, 6) is -0.657. The minimum atomic E-state index is -5.37. The molecular formula is C21H33N5O15P2. The molecule has 0 aliphatic carbocycles. The molecule has 242 valence electrons. The fourth-order valence-electron chi connectivity index (χ4n) is 4.39. The second-order valence-corrected chi connectivity index (χ2v) is 12.8. The van der Waals surface area contributed by atoms with Crippen LogP contribution in [0.5, 0.6) is 0 Å². The van der Waals surface area contributed by atoms with Crippen molar-refractivity contribution in [3.05, 3.63) is 12.7 Å². The van der Waals surface area contributed by atoms with Crippen molar-refractivity contribution in [2.75, 3.05) is 18.9 Å². The number of rotatable bonds is 14. The number of anilines is 1. The molecule has 4 rings (SSSR count). The number of aliphatic hydroxyl groups excluding tert-OH is 4. The van der Waals surface area contributed by atoms with Gasteiger partial charge in [-0.1, -0.05) is 19.8 Å². The maximum atomic E-state index is 12.4. The number of fused-ring (bicyclic) bond motifs is 1. The number of aromatic nitrogens is 4. The molecule has 0 saturated carbocycles. The Hall–Kier alpha value is -2.16. The summed E-state index contributed by atoms with van der Waals surface area (Å²) < 4.78 is 55.4. The Kier molecular flexibility index (Phi) is 10.9. The minimum absolute atomic E-state index is 0.0203. The molecule has 0 amide bonds. The van der Waals surface area contributed by atoms with Gasteiger partial charge in [-0.15, -0.1) is 0 Å². The summed E-state index contributed by atoms with van der Waals surface area (Å²) in [6.45, 7) is 0.116. The average molecular weight is 657 g/mol. The lowest BCUT2D eigenvalue weighted by Crippen LogP contribution is -2.38. The third kappa shape index (κ3) is 8.12. The molecule has 0 spiro atoms. The van der Waals surface area contributed by atoms with Gasteiger partial charge in [-0.3, -0.25) is 18.4 Å². The van der Waals surface area contributed by atoms with Crippen molar-refractivity contribution in [2.24, 2.45) is 0 Å². The fourth-order valence-corrected chi connectivity index (χ4v) is 6.49. The van der Waals surface area contributed by atoms with Crippen molar-refractivity contribution in [1.82, 2.24) is 19.5 Å². The highest BCUT2D eigenvalue weighted by molar-refractivity contribution is 7.61. The van der Waals surface area contributed by atoms with Crippen LogP contribution in [0.25, 0.3) is 11.2 Å². The Bertz CT molecular complexity index is 1370. The largest absolute Gasteiger partial charge is 0.481 e. The van der Waals surface area contributed by atoms with E-state index in [1.807, 2.05) is 6.92 Å². The van der Waals surface area contributed by atoms with Crippen molar-refractivity contribution in [3.8, 4) is 0 Å². The first kappa shape index (κ1) is 33.7. The normalized spacial score (nSPS) is 32.1. The third-order valence-corrected chi connectivity index (χ3v) is 9.17. The van der Waals surface area contributed by atoms with Crippen LogP contribution in [0.3, 0.4) is 0 Å². The Balaban J connectivity index is 1.31. The molecule has 0 aromatic carbocycles. The van der Waals surface area contributed by atoms with Crippen molar-refractivity contribution >= 4 is 38.6 Å². The third-order valence-electron chi connectivity index (χ3n) is 6.57. The summed E-state index contributed by atoms with van der Waals surface area (Å²) in [4.78, 5) is 43.9. The van der Waals surface area contributed by atoms with Gasteiger partial charge in [0.25, 0.3) is 0 Å². The second-order valence-electron chi connectivity index (χ2n) is 9.71. The maximum Gasteiger partial charge on any atom is 0.481 e. The first-order valence-electron chi connectivity index (χ1n) is 13.0. The first-order chi connectivity index (χ1) is 20.2. The van der Waals surface area contributed by atoms with Crippen molar-refractivity contribution in [1.29, 1.82) is 0 Å². The van der Waals surface area contributed by atoms with Crippen LogP contribution in [0.1, 0.15) is 38.8 Å². The van der Waals surface area contributed by atoms with E-state index in [1.165, 1.54) is 10.9 Å². The monoisotopic (exact) mass is 657 g/mol. The second kappa shape index (κ2) is 13.9. The number of nitrogen functional groups attached to an aromatic ring is 1. The highest BCUT2D eigenvalue weighted by Gasteiger charge is 2.48. The molecule has 20 nitrogen and oxygen atoms in total. The molecule has 0 radical (unpaired) electrons. The lowest BCUT2D eigenvalue weighted by molar-refractivity contribution is -0.156. The van der Waals surface area contributed by atoms with Crippen LogP contribution in [0.4, 0.5) is 5.82 Å². The van der Waals surface area contributed by atoms with Crippen LogP contribution in [-0.2, 0) is 41.5 Å². The van der Waals surface area contributed by atoms with E-state index < -0.39 is 84.0 Å². The van der Waals surface area contributed by atoms with E-state index in [0.29, 0.717) is 6.42 Å². The van der Waals surface area contributed by atoms with E-state index in [2.05, 4.69) is 23.8 Å². The number of unbranched alkanes of at least 4 members (excludes halogenated alkanes) is 2. The predicted octanol–water partition coefficient (Wildman–Crippen LogP) is -1.15. The topological polar surface area (TPSA) is 298 Å². The average Bonchev–Trinajstić information content (AvgIpc) is 3.57. The zero-order valence-electron chi connectivity index (χ0n) is 22.6. The number of carbonyl (C=O) groups excluding carboxylic acids is 1. The number of nitrogens with zero attached hydrogens (tertiary/aromatic N) is 4. The number of esters is 1. The van der Waals surface area contributed by atoms with Crippen molar-refractivity contribution < 1.29 is 71.7 Å². The Morgan fingerprint density at radius 3 is 2.33 bits per heavy atom. The standard InChI is InChI=1S/C21H33N5O15P2/c1-2-3-4-5-12(27)40-17-11(39-21(31)16(17)30)7-37-43(34,35)41-42(32,33)36-6-10-14(28)15(29)20(38-10)26-9-25-13-18(22)23-8-24-19(13)26/h8-11,14-17,20-21,28-31H,2-7H2,1H3,(H,32,33)(H,34,35)(H2,22,23,24)/t10-,11-,14-,15-,16-,17-,20-,21?/m1/s1. The van der Waals surface area contributed by atoms with Gasteiger partial charge in [0.2, 0.25) is 0 Å². The van der Waals surface area contributed by atoms with E-state index in [1.54, 1.807) is 0 Å². The molecule has 10 atom stereocenters. The van der Waals surface area contributed by atoms with Gasteiger partial charge < -0.3 is 50.2 Å². The van der Waals surface area contributed by atoms with Gasteiger partial charge >= 0.3 is 21.6 Å². The van der Waals surface area contributed by atoms with Crippen molar-refractivity contribution in [2.45, 2.75) is 81.7 Å². The zero-order chi connectivity index (χ0) is 31.5. The van der Waals surface area contributed by atoms with Gasteiger partial charge in [-0.05, 0) is 6.42 Å². The fraction of sp³-hybridized carbons (Fsp3) is 0.714. The summed E-state index contributed by atoms with van der Waals surface area (Å²) in [5, 5.41) is 40.8. The van der Waals surface area contributed by atoms with E-state index in [9.17, 15) is 44.1 Å². The summed E-state index contributed by atoms with van der Waals surface area (Å²) >= 11 is 0. The highest BCUT2D eigenvalue weighted by atomic mass is 31.3. The number of hydrogen-bond donors (Lipinski definition) is 7. The molecule has 2 aliphatic rings. The van der Waals surface area contributed by atoms with E-state index in [4.69, 9.17) is 24.5 Å². The Morgan fingerprint density at radius 1 is 0.977 bits per heavy atom. The maximum absolute atomic E-state index is 12.4. The van der Waals surface area contributed by atoms with Crippen LogP contribution < -0.4 is 5.73 Å². The zero-order valence-corrected chi connectivity index (χ0v) is 24.4. The van der Waals surface area contributed by atoms with E-state index in [-0.39, 0.29) is 23.4 Å². The molecule has 22 heteroatoms. The van der Waals surface area contributed by atoms with Gasteiger partial charge in [0.15, 0.2) is 30.1 Å². The SMILES string of the molecule is CCCCCC(=O)O[C@@H]1[C@@H](COP(=O)(O)OP(=O)(O)OC[C@H]2O[C@@H](n3cnc4c(N)ncnc43)[C@H](O)[C@@H]2O)OC(O)[C@@H]1O. The first-order valence-corrected chi connectivity index (χ1v) is 16.0. The molecule has 2 aromatic heterocycles. The van der Waals surface area contributed by atoms with Crippen LogP contribution in [-0.4, -0.2) is 112 Å². The minimum Gasteiger partial charge on any atom is -0.456 e.